The summed E-state index contributed by atoms with van der Waals surface area (Å²) in [5.41, 5.74) is 2.55. The van der Waals surface area contributed by atoms with E-state index >= 15 is 0 Å². The molecule has 42 heavy (non-hydrogen) atoms. The highest BCUT2D eigenvalue weighted by molar-refractivity contribution is 5.47. The quantitative estimate of drug-likeness (QED) is 0.0789. The minimum Gasteiger partial charge on any atom is -0.379 e. The highest BCUT2D eigenvalue weighted by Gasteiger charge is 2.38. The molecule has 0 aromatic heterocycles. The van der Waals surface area contributed by atoms with Gasteiger partial charge in [0, 0.05) is 13.7 Å². The molecule has 0 N–H and O–H groups in total. The predicted molar refractivity (Wildman–Crippen MR) is 177 cm³/mol. The molecule has 3 aromatic rings. The van der Waals surface area contributed by atoms with Crippen LogP contribution >= 0.6 is 0 Å². The normalized spacial score (nSPS) is 12.4. The Hall–Kier alpha value is -2.46. The number of methoxy groups -OCH3 is 1. The molecule has 3 nitrogen and oxygen atoms in total. The standard InChI is InChI=1S/C39H56O3/c1-3-4-5-6-7-8-9-10-11-12-13-14-15-25-32-41-33-38(40-2)34-42-39(35-26-19-16-20-27-35,36-28-21-17-22-29-36)37-30-23-18-24-31-37/h16-24,26-31,38H,3-15,25,32-34H2,1-2H3/t38-/m1/s1. The molecule has 0 spiro atoms. The van der Waals surface area contributed by atoms with Crippen LogP contribution in [-0.2, 0) is 19.8 Å². The zero-order valence-corrected chi connectivity index (χ0v) is 26.5. The van der Waals surface area contributed by atoms with Gasteiger partial charge in [-0.15, -0.1) is 0 Å². The first-order valence-corrected chi connectivity index (χ1v) is 16.7. The number of hydrogen-bond donors (Lipinski definition) is 0. The highest BCUT2D eigenvalue weighted by atomic mass is 16.6. The van der Waals surface area contributed by atoms with Gasteiger partial charge in [0.2, 0.25) is 0 Å². The summed E-state index contributed by atoms with van der Waals surface area (Å²) in [7, 11) is 1.75. The third-order valence-electron chi connectivity index (χ3n) is 8.31. The third kappa shape index (κ3) is 11.7. The maximum atomic E-state index is 6.92. The molecule has 0 heterocycles. The van der Waals surface area contributed by atoms with Gasteiger partial charge in [-0.25, -0.2) is 0 Å². The van der Waals surface area contributed by atoms with Crippen LogP contribution in [0.25, 0.3) is 0 Å². The SMILES string of the molecule is CCCCCCCCCCCCCCCCOC[C@H](COC(c1ccccc1)(c1ccccc1)c1ccccc1)OC. The molecule has 0 radical (unpaired) electrons. The number of ether oxygens (including phenoxy) is 3. The van der Waals surface area contributed by atoms with Crippen molar-refractivity contribution in [3.63, 3.8) is 0 Å². The second kappa shape index (κ2) is 21.3. The van der Waals surface area contributed by atoms with E-state index in [1.165, 1.54) is 83.5 Å². The van der Waals surface area contributed by atoms with Crippen LogP contribution in [-0.4, -0.2) is 33.0 Å². The molecule has 0 fully saturated rings. The lowest BCUT2D eigenvalue weighted by Gasteiger charge is -2.37. The Kier molecular flexibility index (Phi) is 17.2. The average Bonchev–Trinajstić information content (AvgIpc) is 3.05. The van der Waals surface area contributed by atoms with E-state index in [1.807, 2.05) is 18.2 Å². The van der Waals surface area contributed by atoms with Gasteiger partial charge >= 0.3 is 0 Å². The maximum absolute atomic E-state index is 6.92. The minimum atomic E-state index is -0.741. The average molecular weight is 573 g/mol. The Morgan fingerprint density at radius 1 is 0.500 bits per heavy atom. The lowest BCUT2D eigenvalue weighted by atomic mass is 9.80. The fraction of sp³-hybridized carbons (Fsp3) is 0.538. The Morgan fingerprint density at radius 2 is 0.881 bits per heavy atom. The Morgan fingerprint density at radius 3 is 1.26 bits per heavy atom. The van der Waals surface area contributed by atoms with Crippen LogP contribution in [0.2, 0.25) is 0 Å². The molecule has 3 rings (SSSR count). The summed E-state index contributed by atoms with van der Waals surface area (Å²) in [6.07, 6.45) is 19.0. The molecular weight excluding hydrogens is 516 g/mol. The second-order valence-electron chi connectivity index (χ2n) is 11.6. The minimum absolute atomic E-state index is 0.146. The summed E-state index contributed by atoms with van der Waals surface area (Å²) >= 11 is 0. The van der Waals surface area contributed by atoms with Gasteiger partial charge < -0.3 is 14.2 Å². The van der Waals surface area contributed by atoms with Crippen molar-refractivity contribution in [2.24, 2.45) is 0 Å². The van der Waals surface area contributed by atoms with Crippen molar-refractivity contribution in [3.05, 3.63) is 108 Å². The third-order valence-corrected chi connectivity index (χ3v) is 8.31. The zero-order chi connectivity index (χ0) is 29.6. The van der Waals surface area contributed by atoms with Crippen LogP contribution in [0, 0.1) is 0 Å². The van der Waals surface area contributed by atoms with Crippen molar-refractivity contribution >= 4 is 0 Å². The lowest BCUT2D eigenvalue weighted by molar-refractivity contribution is -0.0785. The molecule has 0 unspecified atom stereocenters. The second-order valence-corrected chi connectivity index (χ2v) is 11.6. The van der Waals surface area contributed by atoms with Crippen molar-refractivity contribution in [3.8, 4) is 0 Å². The lowest BCUT2D eigenvalue weighted by Crippen LogP contribution is -2.37. The monoisotopic (exact) mass is 572 g/mol. The van der Waals surface area contributed by atoms with Crippen molar-refractivity contribution in [2.45, 2.75) is 109 Å². The fourth-order valence-electron chi connectivity index (χ4n) is 5.78. The topological polar surface area (TPSA) is 27.7 Å². The molecule has 0 bridgehead atoms. The van der Waals surface area contributed by atoms with E-state index in [9.17, 15) is 0 Å². The van der Waals surface area contributed by atoms with E-state index in [2.05, 4.69) is 79.7 Å². The molecule has 3 heteroatoms. The van der Waals surface area contributed by atoms with Crippen molar-refractivity contribution in [1.82, 2.24) is 0 Å². The van der Waals surface area contributed by atoms with Crippen molar-refractivity contribution < 1.29 is 14.2 Å². The van der Waals surface area contributed by atoms with Gasteiger partial charge in [-0.05, 0) is 23.1 Å². The van der Waals surface area contributed by atoms with Crippen molar-refractivity contribution in [2.75, 3.05) is 26.9 Å². The van der Waals surface area contributed by atoms with E-state index in [1.54, 1.807) is 7.11 Å². The van der Waals surface area contributed by atoms with Gasteiger partial charge in [0.25, 0.3) is 0 Å². The van der Waals surface area contributed by atoms with E-state index in [0.29, 0.717) is 13.2 Å². The van der Waals surface area contributed by atoms with Crippen LogP contribution in [0.1, 0.15) is 114 Å². The summed E-state index contributed by atoms with van der Waals surface area (Å²) in [6, 6.07) is 31.5. The summed E-state index contributed by atoms with van der Waals surface area (Å²) in [5.74, 6) is 0. The van der Waals surface area contributed by atoms with E-state index in [4.69, 9.17) is 14.2 Å². The van der Waals surface area contributed by atoms with Crippen LogP contribution < -0.4 is 0 Å². The van der Waals surface area contributed by atoms with Gasteiger partial charge in [0.05, 0.1) is 13.2 Å². The van der Waals surface area contributed by atoms with E-state index < -0.39 is 5.60 Å². The highest BCUT2D eigenvalue weighted by Crippen LogP contribution is 2.40. The first-order valence-electron chi connectivity index (χ1n) is 16.7. The number of unbranched alkanes of at least 4 members (excludes halogenated alkanes) is 13. The largest absolute Gasteiger partial charge is 0.379 e. The number of rotatable bonds is 24. The van der Waals surface area contributed by atoms with Crippen molar-refractivity contribution in [1.29, 1.82) is 0 Å². The molecular formula is C39H56O3. The van der Waals surface area contributed by atoms with Gasteiger partial charge in [-0.2, -0.15) is 0 Å². The molecule has 1 atom stereocenters. The first-order chi connectivity index (χ1) is 20.8. The van der Waals surface area contributed by atoms with Gasteiger partial charge in [-0.1, -0.05) is 181 Å². The summed E-state index contributed by atoms with van der Waals surface area (Å²) < 4.78 is 18.8. The van der Waals surface area contributed by atoms with Gasteiger partial charge in [0.15, 0.2) is 0 Å². The molecule has 0 amide bonds. The van der Waals surface area contributed by atoms with Gasteiger partial charge in [0.1, 0.15) is 11.7 Å². The molecule has 0 aliphatic carbocycles. The molecule has 0 aliphatic heterocycles. The maximum Gasteiger partial charge on any atom is 0.143 e. The van der Waals surface area contributed by atoms with Crippen LogP contribution in [0.4, 0.5) is 0 Å². The van der Waals surface area contributed by atoms with E-state index in [-0.39, 0.29) is 6.10 Å². The number of hydrogen-bond acceptors (Lipinski definition) is 3. The number of benzene rings is 3. The molecule has 0 saturated heterocycles. The molecule has 0 aliphatic rings. The summed E-state index contributed by atoms with van der Waals surface area (Å²) in [6.45, 7) is 4.02. The smallest absolute Gasteiger partial charge is 0.143 e. The zero-order valence-electron chi connectivity index (χ0n) is 26.5. The summed E-state index contributed by atoms with van der Waals surface area (Å²) in [5, 5.41) is 0. The summed E-state index contributed by atoms with van der Waals surface area (Å²) in [4.78, 5) is 0. The Balaban J connectivity index is 1.39. The van der Waals surface area contributed by atoms with E-state index in [0.717, 1.165) is 29.7 Å². The van der Waals surface area contributed by atoms with Crippen LogP contribution in [0.3, 0.4) is 0 Å². The van der Waals surface area contributed by atoms with Crippen LogP contribution in [0.5, 0.6) is 0 Å². The molecule has 0 saturated carbocycles. The molecule has 3 aromatic carbocycles. The van der Waals surface area contributed by atoms with Crippen LogP contribution in [0.15, 0.2) is 91.0 Å². The Labute approximate surface area is 257 Å². The Bertz CT molecular complexity index is 925. The predicted octanol–water partition coefficient (Wildman–Crippen LogP) is 10.5. The fourth-order valence-corrected chi connectivity index (χ4v) is 5.78. The first kappa shape index (κ1) is 34.0. The molecule has 230 valence electrons. The van der Waals surface area contributed by atoms with Gasteiger partial charge in [-0.3, -0.25) is 0 Å².